The van der Waals surface area contributed by atoms with E-state index in [4.69, 9.17) is 23.2 Å². The summed E-state index contributed by atoms with van der Waals surface area (Å²) in [5.41, 5.74) is 1.31. The number of benzene rings is 2. The van der Waals surface area contributed by atoms with Crippen molar-refractivity contribution in [1.82, 2.24) is 0 Å². The number of anilines is 2. The summed E-state index contributed by atoms with van der Waals surface area (Å²) in [7, 11) is 0. The Kier molecular flexibility index (Phi) is 6.79. The summed E-state index contributed by atoms with van der Waals surface area (Å²) in [6.07, 6.45) is 0. The highest BCUT2D eigenvalue weighted by atomic mass is 35.5. The van der Waals surface area contributed by atoms with E-state index in [1.807, 2.05) is 35.7 Å². The van der Waals surface area contributed by atoms with Gasteiger partial charge in [0.25, 0.3) is 5.91 Å². The highest BCUT2D eigenvalue weighted by Gasteiger charge is 2.08. The molecule has 2 aromatic carbocycles. The van der Waals surface area contributed by atoms with Gasteiger partial charge in [-0.2, -0.15) is 0 Å². The lowest BCUT2D eigenvalue weighted by Crippen LogP contribution is -2.13. The summed E-state index contributed by atoms with van der Waals surface area (Å²) in [5, 5.41) is 8.30. The van der Waals surface area contributed by atoms with Crippen LogP contribution in [0.15, 0.2) is 64.9 Å². The number of carbonyl (C=O) groups excluding carboxylic acids is 2. The average molecular weight is 437 g/mol. The number of amides is 2. The van der Waals surface area contributed by atoms with Gasteiger partial charge in [-0.3, -0.25) is 9.59 Å². The molecule has 4 nitrogen and oxygen atoms in total. The Hall–Kier alpha value is -1.99. The van der Waals surface area contributed by atoms with E-state index in [1.165, 1.54) is 23.1 Å². The van der Waals surface area contributed by atoms with Crippen LogP contribution in [-0.4, -0.2) is 17.6 Å². The fourth-order valence-corrected chi connectivity index (χ4v) is 3.77. The van der Waals surface area contributed by atoms with Crippen LogP contribution in [0.1, 0.15) is 9.67 Å². The zero-order valence-electron chi connectivity index (χ0n) is 13.9. The minimum Gasteiger partial charge on any atom is -0.325 e. The second kappa shape index (κ2) is 9.28. The summed E-state index contributed by atoms with van der Waals surface area (Å²) < 4.78 is 0. The number of carbonyl (C=O) groups is 2. The average Bonchev–Trinajstić information content (AvgIpc) is 3.19. The molecule has 0 spiro atoms. The van der Waals surface area contributed by atoms with Crippen molar-refractivity contribution in [3.63, 3.8) is 0 Å². The standard InChI is InChI=1S/C19H14Cl2N2O2S2/c20-15-8-5-13(10-16(15)21)22-18(24)11-27-14-6-3-12(4-7-14)23-19(25)17-2-1-9-26-17/h1-10H,11H2,(H,22,24)(H,23,25). The second-order valence-electron chi connectivity index (χ2n) is 5.42. The third-order valence-electron chi connectivity index (χ3n) is 3.43. The molecule has 2 amide bonds. The number of nitrogens with one attached hydrogen (secondary N) is 2. The molecule has 0 saturated heterocycles. The van der Waals surface area contributed by atoms with Crippen molar-refractivity contribution < 1.29 is 9.59 Å². The summed E-state index contributed by atoms with van der Waals surface area (Å²) in [5.74, 6) is -0.0268. The van der Waals surface area contributed by atoms with Crippen LogP contribution < -0.4 is 10.6 Å². The van der Waals surface area contributed by atoms with E-state index >= 15 is 0 Å². The Morgan fingerprint density at radius 3 is 2.33 bits per heavy atom. The molecule has 0 bridgehead atoms. The van der Waals surface area contributed by atoms with Gasteiger partial charge in [-0.05, 0) is 53.9 Å². The van der Waals surface area contributed by atoms with Crippen molar-refractivity contribution in [2.75, 3.05) is 16.4 Å². The van der Waals surface area contributed by atoms with Crippen LogP contribution in [-0.2, 0) is 4.79 Å². The molecule has 138 valence electrons. The van der Waals surface area contributed by atoms with Crippen LogP contribution in [0.2, 0.25) is 10.0 Å². The maximum atomic E-state index is 12.1. The first kappa shape index (κ1) is 19.8. The van der Waals surface area contributed by atoms with Gasteiger partial charge in [-0.25, -0.2) is 0 Å². The molecule has 27 heavy (non-hydrogen) atoms. The molecule has 0 fully saturated rings. The van der Waals surface area contributed by atoms with Gasteiger partial charge in [0.05, 0.1) is 20.7 Å². The van der Waals surface area contributed by atoms with Crippen molar-refractivity contribution in [1.29, 1.82) is 0 Å². The number of halogens is 2. The van der Waals surface area contributed by atoms with Gasteiger partial charge in [-0.1, -0.05) is 29.3 Å². The number of rotatable bonds is 6. The van der Waals surface area contributed by atoms with Gasteiger partial charge in [0.1, 0.15) is 0 Å². The molecule has 3 rings (SSSR count). The van der Waals surface area contributed by atoms with E-state index in [0.717, 1.165) is 4.90 Å². The maximum absolute atomic E-state index is 12.1. The van der Waals surface area contributed by atoms with Gasteiger partial charge >= 0.3 is 0 Å². The van der Waals surface area contributed by atoms with Crippen molar-refractivity contribution in [2.45, 2.75) is 4.90 Å². The Morgan fingerprint density at radius 2 is 1.67 bits per heavy atom. The Balaban J connectivity index is 1.50. The first-order chi connectivity index (χ1) is 13.0. The summed E-state index contributed by atoms with van der Waals surface area (Å²) in [6, 6.07) is 15.9. The highest BCUT2D eigenvalue weighted by Crippen LogP contribution is 2.26. The molecular weight excluding hydrogens is 423 g/mol. The van der Waals surface area contributed by atoms with E-state index in [1.54, 1.807) is 24.3 Å². The minimum atomic E-state index is -0.145. The molecule has 0 aliphatic rings. The summed E-state index contributed by atoms with van der Waals surface area (Å²) >= 11 is 14.6. The van der Waals surface area contributed by atoms with Crippen LogP contribution in [0.3, 0.4) is 0 Å². The van der Waals surface area contributed by atoms with Crippen LogP contribution in [0.5, 0.6) is 0 Å². The first-order valence-electron chi connectivity index (χ1n) is 7.84. The first-order valence-corrected chi connectivity index (χ1v) is 10.5. The smallest absolute Gasteiger partial charge is 0.265 e. The quantitative estimate of drug-likeness (QED) is 0.463. The third-order valence-corrected chi connectivity index (χ3v) is 6.05. The monoisotopic (exact) mass is 436 g/mol. The van der Waals surface area contributed by atoms with Gasteiger partial charge in [-0.15, -0.1) is 23.1 Å². The maximum Gasteiger partial charge on any atom is 0.265 e. The predicted molar refractivity (Wildman–Crippen MR) is 115 cm³/mol. The number of hydrogen-bond acceptors (Lipinski definition) is 4. The molecule has 0 atom stereocenters. The Morgan fingerprint density at radius 1 is 0.926 bits per heavy atom. The predicted octanol–water partition coefficient (Wildman–Crippen LogP) is 6.04. The lowest BCUT2D eigenvalue weighted by atomic mass is 10.3. The molecule has 3 aromatic rings. The van der Waals surface area contributed by atoms with E-state index in [-0.39, 0.29) is 17.6 Å². The summed E-state index contributed by atoms with van der Waals surface area (Å²) in [6.45, 7) is 0. The van der Waals surface area contributed by atoms with Crippen molar-refractivity contribution >= 4 is 69.5 Å². The lowest BCUT2D eigenvalue weighted by Gasteiger charge is -2.07. The molecular formula is C19H14Cl2N2O2S2. The highest BCUT2D eigenvalue weighted by molar-refractivity contribution is 8.00. The van der Waals surface area contributed by atoms with Crippen LogP contribution in [0.4, 0.5) is 11.4 Å². The van der Waals surface area contributed by atoms with Crippen LogP contribution in [0.25, 0.3) is 0 Å². The van der Waals surface area contributed by atoms with Gasteiger partial charge in [0.15, 0.2) is 0 Å². The van der Waals surface area contributed by atoms with E-state index in [2.05, 4.69) is 10.6 Å². The minimum absolute atomic E-state index is 0.133. The zero-order valence-corrected chi connectivity index (χ0v) is 17.0. The Bertz CT molecular complexity index is 945. The fourth-order valence-electron chi connectivity index (χ4n) is 2.15. The zero-order chi connectivity index (χ0) is 19.2. The second-order valence-corrected chi connectivity index (χ2v) is 8.23. The Labute approximate surface area is 174 Å². The van der Waals surface area contributed by atoms with Crippen molar-refractivity contribution in [2.24, 2.45) is 0 Å². The van der Waals surface area contributed by atoms with Crippen LogP contribution in [0, 0.1) is 0 Å². The van der Waals surface area contributed by atoms with Gasteiger partial charge in [0, 0.05) is 16.3 Å². The lowest BCUT2D eigenvalue weighted by molar-refractivity contribution is -0.113. The number of hydrogen-bond donors (Lipinski definition) is 2. The molecule has 0 aliphatic heterocycles. The molecule has 2 N–H and O–H groups in total. The van der Waals surface area contributed by atoms with Crippen molar-refractivity contribution in [3.8, 4) is 0 Å². The molecule has 1 aromatic heterocycles. The van der Waals surface area contributed by atoms with E-state index in [9.17, 15) is 9.59 Å². The molecule has 0 aliphatic carbocycles. The molecule has 0 saturated carbocycles. The SMILES string of the molecule is O=C(CSc1ccc(NC(=O)c2cccs2)cc1)Nc1ccc(Cl)c(Cl)c1. The normalized spacial score (nSPS) is 10.4. The van der Waals surface area contributed by atoms with Gasteiger partial charge < -0.3 is 10.6 Å². The van der Waals surface area contributed by atoms with Crippen molar-refractivity contribution in [3.05, 3.63) is 74.9 Å². The topological polar surface area (TPSA) is 58.2 Å². The summed E-state index contributed by atoms with van der Waals surface area (Å²) in [4.78, 5) is 25.7. The van der Waals surface area contributed by atoms with Gasteiger partial charge in [0.2, 0.25) is 5.91 Å². The molecule has 1 heterocycles. The molecule has 8 heteroatoms. The van der Waals surface area contributed by atoms with E-state index < -0.39 is 0 Å². The third kappa shape index (κ3) is 5.74. The van der Waals surface area contributed by atoms with E-state index in [0.29, 0.717) is 26.3 Å². The largest absolute Gasteiger partial charge is 0.325 e. The molecule has 0 unspecified atom stereocenters. The van der Waals surface area contributed by atoms with Crippen LogP contribution >= 0.6 is 46.3 Å². The number of thiophene rings is 1. The molecule has 0 radical (unpaired) electrons. The fraction of sp³-hybridized carbons (Fsp3) is 0.0526. The number of thioether (sulfide) groups is 1.